The molecule has 2 N–H and O–H groups in total. The van der Waals surface area contributed by atoms with Crippen LogP contribution in [0.1, 0.15) is 32.1 Å². The van der Waals surface area contributed by atoms with Gasteiger partial charge in [-0.05, 0) is 25.2 Å². The molecule has 1 aliphatic heterocycles. The Bertz CT molecular complexity index is 239. The zero-order valence-electron chi connectivity index (χ0n) is 9.86. The maximum atomic E-state index is 12.0. The highest BCUT2D eigenvalue weighted by Crippen LogP contribution is 2.26. The predicted molar refractivity (Wildman–Crippen MR) is 61.9 cm³/mol. The van der Waals surface area contributed by atoms with Crippen LogP contribution in [0.4, 0.5) is 0 Å². The third-order valence-electron chi connectivity index (χ3n) is 3.65. The number of nitrogens with two attached hydrogens (primary N) is 1. The van der Waals surface area contributed by atoms with E-state index >= 15 is 0 Å². The van der Waals surface area contributed by atoms with E-state index < -0.39 is 0 Å². The first-order valence-electron chi connectivity index (χ1n) is 6.37. The number of nitrogens with zero attached hydrogens (tertiary/aromatic N) is 1. The molecule has 16 heavy (non-hydrogen) atoms. The van der Waals surface area contributed by atoms with Crippen LogP contribution in [0.15, 0.2) is 0 Å². The Morgan fingerprint density at radius 3 is 2.75 bits per heavy atom. The Kier molecular flexibility index (Phi) is 4.18. The van der Waals surface area contributed by atoms with Crippen molar-refractivity contribution in [2.45, 2.75) is 38.1 Å². The van der Waals surface area contributed by atoms with Gasteiger partial charge in [0.15, 0.2) is 0 Å². The normalized spacial score (nSPS) is 31.4. The number of hydrogen-bond acceptors (Lipinski definition) is 3. The van der Waals surface area contributed by atoms with Crippen LogP contribution >= 0.6 is 0 Å². The Balaban J connectivity index is 1.77. The fourth-order valence-electron chi connectivity index (χ4n) is 2.71. The molecule has 1 saturated carbocycles. The smallest absolute Gasteiger partial charge is 0.223 e. The number of carbonyl (C=O) groups is 1. The molecule has 1 amide bonds. The molecule has 92 valence electrons. The van der Waals surface area contributed by atoms with Crippen molar-refractivity contribution in [3.63, 3.8) is 0 Å². The van der Waals surface area contributed by atoms with E-state index in [2.05, 4.69) is 0 Å². The van der Waals surface area contributed by atoms with E-state index in [1.165, 1.54) is 12.8 Å². The molecule has 1 aliphatic carbocycles. The fourth-order valence-corrected chi connectivity index (χ4v) is 2.71. The van der Waals surface area contributed by atoms with E-state index in [-0.39, 0.29) is 0 Å². The molecule has 0 bridgehead atoms. The molecule has 0 aromatic carbocycles. The number of carbonyl (C=O) groups excluding carboxylic acids is 1. The van der Waals surface area contributed by atoms with Crippen LogP contribution in [0, 0.1) is 5.92 Å². The minimum Gasteiger partial charge on any atom is -0.378 e. The van der Waals surface area contributed by atoms with Gasteiger partial charge in [0.2, 0.25) is 5.91 Å². The summed E-state index contributed by atoms with van der Waals surface area (Å²) in [6.45, 7) is 2.90. The van der Waals surface area contributed by atoms with E-state index in [4.69, 9.17) is 10.5 Å². The van der Waals surface area contributed by atoms with Crippen molar-refractivity contribution in [1.82, 2.24) is 4.90 Å². The quantitative estimate of drug-likeness (QED) is 0.756. The molecule has 2 rings (SSSR count). The summed E-state index contributed by atoms with van der Waals surface area (Å²) in [7, 11) is 0. The van der Waals surface area contributed by atoms with Gasteiger partial charge in [0.05, 0.1) is 13.2 Å². The second-order valence-electron chi connectivity index (χ2n) is 4.99. The lowest BCUT2D eigenvalue weighted by molar-refractivity contribution is -0.136. The Morgan fingerprint density at radius 1 is 1.31 bits per heavy atom. The number of rotatable bonds is 2. The highest BCUT2D eigenvalue weighted by Gasteiger charge is 2.24. The van der Waals surface area contributed by atoms with Crippen LogP contribution in [0.2, 0.25) is 0 Å². The molecule has 0 aromatic rings. The van der Waals surface area contributed by atoms with Crippen LogP contribution in [0.3, 0.4) is 0 Å². The van der Waals surface area contributed by atoms with Gasteiger partial charge in [-0.2, -0.15) is 0 Å². The van der Waals surface area contributed by atoms with Gasteiger partial charge in [0.25, 0.3) is 0 Å². The summed E-state index contributed by atoms with van der Waals surface area (Å²) in [4.78, 5) is 13.9. The highest BCUT2D eigenvalue weighted by atomic mass is 16.5. The third-order valence-corrected chi connectivity index (χ3v) is 3.65. The lowest BCUT2D eigenvalue weighted by atomic mass is 9.84. The van der Waals surface area contributed by atoms with Gasteiger partial charge in [0, 0.05) is 25.6 Å². The van der Waals surface area contributed by atoms with Crippen LogP contribution in [-0.4, -0.2) is 43.2 Å². The molecule has 2 unspecified atom stereocenters. The molecule has 2 fully saturated rings. The summed E-state index contributed by atoms with van der Waals surface area (Å²) in [5.41, 5.74) is 5.93. The summed E-state index contributed by atoms with van der Waals surface area (Å²) < 4.78 is 5.24. The van der Waals surface area contributed by atoms with E-state index in [1.807, 2.05) is 4.90 Å². The molecule has 0 radical (unpaired) electrons. The molecule has 4 heteroatoms. The monoisotopic (exact) mass is 226 g/mol. The minimum absolute atomic E-state index is 0.294. The average Bonchev–Trinajstić information content (AvgIpc) is 2.30. The molecular weight excluding hydrogens is 204 g/mol. The van der Waals surface area contributed by atoms with Gasteiger partial charge in [-0.3, -0.25) is 4.79 Å². The number of hydrogen-bond donors (Lipinski definition) is 1. The third kappa shape index (κ3) is 3.19. The van der Waals surface area contributed by atoms with Crippen molar-refractivity contribution in [3.05, 3.63) is 0 Å². The zero-order valence-corrected chi connectivity index (χ0v) is 9.86. The van der Waals surface area contributed by atoms with Crippen LogP contribution in [-0.2, 0) is 9.53 Å². The van der Waals surface area contributed by atoms with Crippen molar-refractivity contribution in [3.8, 4) is 0 Å². The lowest BCUT2D eigenvalue weighted by Crippen LogP contribution is -2.42. The lowest BCUT2D eigenvalue weighted by Gasteiger charge is -2.31. The fraction of sp³-hybridized carbons (Fsp3) is 0.917. The Labute approximate surface area is 97.1 Å². The van der Waals surface area contributed by atoms with E-state index in [0.717, 1.165) is 25.9 Å². The standard InChI is InChI=1S/C12H22N2O2/c13-11-3-1-2-10(8-11)9-12(15)14-4-6-16-7-5-14/h10-11H,1-9,13H2. The first-order chi connectivity index (χ1) is 7.75. The molecular formula is C12H22N2O2. The molecule has 4 nitrogen and oxygen atoms in total. The number of ether oxygens (including phenoxy) is 1. The Hall–Kier alpha value is -0.610. The van der Waals surface area contributed by atoms with E-state index in [1.54, 1.807) is 0 Å². The summed E-state index contributed by atoms with van der Waals surface area (Å²) in [5.74, 6) is 0.807. The SMILES string of the molecule is NC1CCCC(CC(=O)N2CCOCC2)C1. The van der Waals surface area contributed by atoms with Gasteiger partial charge >= 0.3 is 0 Å². The molecule has 1 heterocycles. The van der Waals surface area contributed by atoms with Gasteiger partial charge < -0.3 is 15.4 Å². The highest BCUT2D eigenvalue weighted by molar-refractivity contribution is 5.76. The summed E-state index contributed by atoms with van der Waals surface area (Å²) in [6.07, 6.45) is 5.19. The maximum absolute atomic E-state index is 12.0. The van der Waals surface area contributed by atoms with Crippen molar-refractivity contribution in [2.24, 2.45) is 11.7 Å². The number of morpholine rings is 1. The van der Waals surface area contributed by atoms with Crippen molar-refractivity contribution < 1.29 is 9.53 Å². The van der Waals surface area contributed by atoms with Gasteiger partial charge in [0.1, 0.15) is 0 Å². The second kappa shape index (κ2) is 5.64. The number of amides is 1. The molecule has 0 aromatic heterocycles. The van der Waals surface area contributed by atoms with Crippen LogP contribution < -0.4 is 5.73 Å². The van der Waals surface area contributed by atoms with E-state index in [9.17, 15) is 4.79 Å². The molecule has 2 atom stereocenters. The second-order valence-corrected chi connectivity index (χ2v) is 4.99. The topological polar surface area (TPSA) is 55.6 Å². The largest absolute Gasteiger partial charge is 0.378 e. The van der Waals surface area contributed by atoms with Gasteiger partial charge in [-0.15, -0.1) is 0 Å². The van der Waals surface area contributed by atoms with Gasteiger partial charge in [-0.1, -0.05) is 6.42 Å². The minimum atomic E-state index is 0.294. The first kappa shape index (κ1) is 11.9. The zero-order chi connectivity index (χ0) is 11.4. The van der Waals surface area contributed by atoms with E-state index in [0.29, 0.717) is 37.5 Å². The molecule has 1 saturated heterocycles. The summed E-state index contributed by atoms with van der Waals surface area (Å²) in [5, 5.41) is 0. The molecule has 2 aliphatic rings. The van der Waals surface area contributed by atoms with Crippen LogP contribution in [0.5, 0.6) is 0 Å². The summed E-state index contributed by atoms with van der Waals surface area (Å²) in [6, 6.07) is 0.316. The maximum Gasteiger partial charge on any atom is 0.223 e. The average molecular weight is 226 g/mol. The van der Waals surface area contributed by atoms with Crippen molar-refractivity contribution >= 4 is 5.91 Å². The molecule has 0 spiro atoms. The predicted octanol–water partition coefficient (Wildman–Crippen LogP) is 0.753. The Morgan fingerprint density at radius 2 is 2.06 bits per heavy atom. The van der Waals surface area contributed by atoms with Crippen LogP contribution in [0.25, 0.3) is 0 Å². The van der Waals surface area contributed by atoms with Gasteiger partial charge in [-0.25, -0.2) is 0 Å². The summed E-state index contributed by atoms with van der Waals surface area (Å²) >= 11 is 0. The van der Waals surface area contributed by atoms with Crippen molar-refractivity contribution in [1.29, 1.82) is 0 Å². The van der Waals surface area contributed by atoms with Crippen molar-refractivity contribution in [2.75, 3.05) is 26.3 Å². The first-order valence-corrected chi connectivity index (χ1v) is 6.37.